The topological polar surface area (TPSA) is 60.9 Å². The molecular formula is C16H22N2O4. The molecule has 1 aromatic heterocycles. The van der Waals surface area contributed by atoms with Crippen LogP contribution in [0, 0.1) is 0 Å². The Hall–Kier alpha value is -1.82. The van der Waals surface area contributed by atoms with Crippen molar-refractivity contribution in [2.45, 2.75) is 37.9 Å². The van der Waals surface area contributed by atoms with Crippen LogP contribution in [0.15, 0.2) is 24.5 Å². The minimum atomic E-state index is -0.200. The zero-order chi connectivity index (χ0) is 15.2. The molecule has 2 fully saturated rings. The first kappa shape index (κ1) is 15.1. The fourth-order valence-corrected chi connectivity index (χ4v) is 2.78. The molecule has 2 saturated heterocycles. The first-order chi connectivity index (χ1) is 10.8. The number of nitrogens with zero attached hydrogens (tertiary/aromatic N) is 2. The van der Waals surface area contributed by atoms with Gasteiger partial charge in [-0.25, -0.2) is 4.79 Å². The highest BCUT2D eigenvalue weighted by Crippen LogP contribution is 2.20. The lowest BCUT2D eigenvalue weighted by molar-refractivity contribution is -0.0150. The van der Waals surface area contributed by atoms with Gasteiger partial charge in [-0.1, -0.05) is 0 Å². The van der Waals surface area contributed by atoms with Gasteiger partial charge in [-0.2, -0.15) is 0 Å². The molecule has 0 N–H and O–H groups in total. The molecule has 0 aliphatic carbocycles. The Morgan fingerprint density at radius 3 is 2.45 bits per heavy atom. The molecule has 120 valence electrons. The summed E-state index contributed by atoms with van der Waals surface area (Å²) < 4.78 is 16.7. The third-order valence-corrected chi connectivity index (χ3v) is 4.09. The van der Waals surface area contributed by atoms with Crippen molar-refractivity contribution in [1.82, 2.24) is 9.88 Å². The smallest absolute Gasteiger partial charge is 0.410 e. The molecule has 0 aromatic carbocycles. The van der Waals surface area contributed by atoms with Crippen molar-refractivity contribution in [3.8, 4) is 5.75 Å². The lowest BCUT2D eigenvalue weighted by Crippen LogP contribution is -2.43. The molecule has 0 atom stereocenters. The molecule has 0 saturated carbocycles. The Morgan fingerprint density at radius 2 is 1.77 bits per heavy atom. The maximum absolute atomic E-state index is 12.1. The lowest BCUT2D eigenvalue weighted by Gasteiger charge is -2.33. The van der Waals surface area contributed by atoms with E-state index in [1.54, 1.807) is 17.3 Å². The molecular weight excluding hydrogens is 284 g/mol. The number of likely N-dealkylation sites (tertiary alicyclic amines) is 1. The molecule has 1 aromatic rings. The highest BCUT2D eigenvalue weighted by atomic mass is 16.6. The van der Waals surface area contributed by atoms with Gasteiger partial charge in [-0.05, 0) is 12.1 Å². The van der Waals surface area contributed by atoms with E-state index in [1.165, 1.54) is 0 Å². The van der Waals surface area contributed by atoms with Gasteiger partial charge in [0, 0.05) is 51.2 Å². The zero-order valence-corrected chi connectivity index (χ0v) is 12.6. The summed E-state index contributed by atoms with van der Waals surface area (Å²) in [5.74, 6) is 0.832. The van der Waals surface area contributed by atoms with Crippen LogP contribution in [0.3, 0.4) is 0 Å². The number of aromatic nitrogens is 1. The van der Waals surface area contributed by atoms with E-state index in [0.29, 0.717) is 26.3 Å². The van der Waals surface area contributed by atoms with Gasteiger partial charge in [0.2, 0.25) is 0 Å². The Morgan fingerprint density at radius 1 is 1.09 bits per heavy atom. The molecule has 0 unspecified atom stereocenters. The summed E-state index contributed by atoms with van der Waals surface area (Å²) >= 11 is 0. The number of pyridine rings is 1. The standard InChI is InChI=1S/C16H22N2O4/c19-16(22-15-5-11-20-12-6-15)18-9-3-14(4-10-18)21-13-1-7-17-8-2-13/h1-2,7-8,14-15H,3-6,9-12H2. The predicted molar refractivity (Wildman–Crippen MR) is 79.8 cm³/mol. The van der Waals surface area contributed by atoms with Gasteiger partial charge < -0.3 is 19.1 Å². The van der Waals surface area contributed by atoms with Gasteiger partial charge in [-0.15, -0.1) is 0 Å². The molecule has 2 aliphatic heterocycles. The number of hydrogen-bond acceptors (Lipinski definition) is 5. The molecule has 6 nitrogen and oxygen atoms in total. The zero-order valence-electron chi connectivity index (χ0n) is 12.6. The molecule has 0 bridgehead atoms. The van der Waals surface area contributed by atoms with E-state index in [2.05, 4.69) is 4.98 Å². The van der Waals surface area contributed by atoms with Gasteiger partial charge >= 0.3 is 6.09 Å². The van der Waals surface area contributed by atoms with Crippen molar-refractivity contribution in [2.75, 3.05) is 26.3 Å². The highest BCUT2D eigenvalue weighted by Gasteiger charge is 2.27. The van der Waals surface area contributed by atoms with Gasteiger partial charge in [0.05, 0.1) is 13.2 Å². The number of rotatable bonds is 3. The van der Waals surface area contributed by atoms with Crippen molar-refractivity contribution in [1.29, 1.82) is 0 Å². The van der Waals surface area contributed by atoms with Gasteiger partial charge in [0.15, 0.2) is 0 Å². The van der Waals surface area contributed by atoms with Crippen LogP contribution >= 0.6 is 0 Å². The van der Waals surface area contributed by atoms with E-state index in [0.717, 1.165) is 31.4 Å². The molecule has 3 rings (SSSR count). The summed E-state index contributed by atoms with van der Waals surface area (Å²) in [4.78, 5) is 17.9. The van der Waals surface area contributed by atoms with Crippen molar-refractivity contribution >= 4 is 6.09 Å². The number of amides is 1. The second-order valence-electron chi connectivity index (χ2n) is 5.68. The van der Waals surface area contributed by atoms with Crippen LogP contribution in [0.1, 0.15) is 25.7 Å². The number of carbonyl (C=O) groups is 1. The molecule has 0 radical (unpaired) electrons. The summed E-state index contributed by atoms with van der Waals surface area (Å²) in [5.41, 5.74) is 0. The van der Waals surface area contributed by atoms with Crippen LogP contribution in [0.2, 0.25) is 0 Å². The first-order valence-corrected chi connectivity index (χ1v) is 7.91. The Kier molecular flexibility index (Phi) is 5.11. The van der Waals surface area contributed by atoms with Gasteiger partial charge in [0.25, 0.3) is 0 Å². The summed E-state index contributed by atoms with van der Waals surface area (Å²) in [6.45, 7) is 2.72. The van der Waals surface area contributed by atoms with E-state index in [1.807, 2.05) is 12.1 Å². The molecule has 3 heterocycles. The van der Waals surface area contributed by atoms with Crippen LogP contribution in [0.5, 0.6) is 5.75 Å². The highest BCUT2D eigenvalue weighted by molar-refractivity contribution is 5.68. The predicted octanol–water partition coefficient (Wildman–Crippen LogP) is 2.24. The SMILES string of the molecule is O=C(OC1CCOCC1)N1CCC(Oc2ccncc2)CC1. The number of hydrogen-bond donors (Lipinski definition) is 0. The molecule has 6 heteroatoms. The van der Waals surface area contributed by atoms with E-state index >= 15 is 0 Å². The third-order valence-electron chi connectivity index (χ3n) is 4.09. The van der Waals surface area contributed by atoms with Crippen molar-refractivity contribution in [3.05, 3.63) is 24.5 Å². The normalized spacial score (nSPS) is 20.6. The average molecular weight is 306 g/mol. The lowest BCUT2D eigenvalue weighted by atomic mass is 10.1. The Bertz CT molecular complexity index is 468. The summed E-state index contributed by atoms with van der Waals surface area (Å²) in [7, 11) is 0. The number of carbonyl (C=O) groups excluding carboxylic acids is 1. The van der Waals surface area contributed by atoms with Crippen LogP contribution in [0.4, 0.5) is 4.79 Å². The maximum atomic E-state index is 12.1. The number of ether oxygens (including phenoxy) is 3. The van der Waals surface area contributed by atoms with Crippen molar-refractivity contribution in [3.63, 3.8) is 0 Å². The van der Waals surface area contributed by atoms with Crippen LogP contribution in [-0.4, -0.2) is 54.5 Å². The molecule has 2 aliphatic rings. The minimum absolute atomic E-state index is 0.00652. The maximum Gasteiger partial charge on any atom is 0.410 e. The Balaban J connectivity index is 1.42. The average Bonchev–Trinajstić information content (AvgIpc) is 2.57. The Labute approximate surface area is 130 Å². The van der Waals surface area contributed by atoms with E-state index in [9.17, 15) is 4.79 Å². The van der Waals surface area contributed by atoms with Crippen molar-refractivity contribution in [2.24, 2.45) is 0 Å². The molecule has 0 spiro atoms. The van der Waals surface area contributed by atoms with Crippen LogP contribution < -0.4 is 4.74 Å². The number of piperidine rings is 1. The first-order valence-electron chi connectivity index (χ1n) is 7.91. The second-order valence-corrected chi connectivity index (χ2v) is 5.68. The minimum Gasteiger partial charge on any atom is -0.490 e. The summed E-state index contributed by atoms with van der Waals surface area (Å²) in [6, 6.07) is 3.71. The summed E-state index contributed by atoms with van der Waals surface area (Å²) in [5, 5.41) is 0. The van der Waals surface area contributed by atoms with Crippen molar-refractivity contribution < 1.29 is 19.0 Å². The molecule has 1 amide bonds. The quantitative estimate of drug-likeness (QED) is 0.857. The fraction of sp³-hybridized carbons (Fsp3) is 0.625. The monoisotopic (exact) mass is 306 g/mol. The summed E-state index contributed by atoms with van der Waals surface area (Å²) in [6.07, 6.45) is 6.64. The fourth-order valence-electron chi connectivity index (χ4n) is 2.78. The van der Waals surface area contributed by atoms with Crippen LogP contribution in [0.25, 0.3) is 0 Å². The van der Waals surface area contributed by atoms with Crippen LogP contribution in [-0.2, 0) is 9.47 Å². The van der Waals surface area contributed by atoms with E-state index < -0.39 is 0 Å². The van der Waals surface area contributed by atoms with Gasteiger partial charge in [-0.3, -0.25) is 4.98 Å². The van der Waals surface area contributed by atoms with Gasteiger partial charge in [0.1, 0.15) is 18.0 Å². The van der Waals surface area contributed by atoms with E-state index in [4.69, 9.17) is 14.2 Å². The van der Waals surface area contributed by atoms with E-state index in [-0.39, 0.29) is 18.3 Å². The second kappa shape index (κ2) is 7.45. The third kappa shape index (κ3) is 4.10. The molecule has 22 heavy (non-hydrogen) atoms. The largest absolute Gasteiger partial charge is 0.490 e.